The molecule has 1 atom stereocenters. The summed E-state index contributed by atoms with van der Waals surface area (Å²) in [6, 6.07) is 4.17. The van der Waals surface area contributed by atoms with Gasteiger partial charge in [-0.25, -0.2) is 8.78 Å². The molecule has 0 spiro atoms. The fourth-order valence-electron chi connectivity index (χ4n) is 2.15. The van der Waals surface area contributed by atoms with Crippen molar-refractivity contribution in [1.29, 1.82) is 0 Å². The summed E-state index contributed by atoms with van der Waals surface area (Å²) in [7, 11) is 0. The van der Waals surface area contributed by atoms with Crippen LogP contribution in [0.15, 0.2) is 18.2 Å². The zero-order valence-corrected chi connectivity index (χ0v) is 10.1. The first-order valence-corrected chi connectivity index (χ1v) is 5.76. The van der Waals surface area contributed by atoms with Gasteiger partial charge in [-0.2, -0.15) is 0 Å². The largest absolute Gasteiger partial charge is 0.378 e. The van der Waals surface area contributed by atoms with Crippen molar-refractivity contribution in [2.24, 2.45) is 0 Å². The third-order valence-corrected chi connectivity index (χ3v) is 2.84. The van der Waals surface area contributed by atoms with E-state index >= 15 is 0 Å². The fraction of sp³-hybridized carbons (Fsp3) is 0.538. The number of hydrogen-bond acceptors (Lipinski definition) is 2. The summed E-state index contributed by atoms with van der Waals surface area (Å²) in [5, 5.41) is 3.43. The molecule has 94 valence electrons. The predicted octanol–water partition coefficient (Wildman–Crippen LogP) is 2.27. The number of ether oxygens (including phenoxy) is 1. The first-order chi connectivity index (χ1) is 7.96. The van der Waals surface area contributed by atoms with Gasteiger partial charge in [0.15, 0.2) is 11.6 Å². The van der Waals surface area contributed by atoms with Crippen LogP contribution in [0.3, 0.4) is 0 Å². The van der Waals surface area contributed by atoms with Crippen molar-refractivity contribution in [3.8, 4) is 0 Å². The van der Waals surface area contributed by atoms with E-state index in [0.29, 0.717) is 19.6 Å². The van der Waals surface area contributed by atoms with Gasteiger partial charge in [-0.05, 0) is 38.0 Å². The van der Waals surface area contributed by atoms with E-state index in [4.69, 9.17) is 4.74 Å². The molecule has 1 aliphatic heterocycles. The highest BCUT2D eigenvalue weighted by atomic mass is 19.2. The van der Waals surface area contributed by atoms with E-state index in [1.54, 1.807) is 6.07 Å². The summed E-state index contributed by atoms with van der Waals surface area (Å²) in [6.07, 6.45) is 0.640. The molecule has 1 saturated heterocycles. The maximum absolute atomic E-state index is 13.1. The minimum Gasteiger partial charge on any atom is -0.378 e. The smallest absolute Gasteiger partial charge is 0.159 e. The van der Waals surface area contributed by atoms with Gasteiger partial charge in [-0.1, -0.05) is 6.07 Å². The molecule has 2 nitrogen and oxygen atoms in total. The van der Waals surface area contributed by atoms with E-state index < -0.39 is 11.6 Å². The average molecular weight is 241 g/mol. The second-order valence-corrected chi connectivity index (χ2v) is 5.19. The Kier molecular flexibility index (Phi) is 3.45. The molecular weight excluding hydrogens is 224 g/mol. The molecule has 2 rings (SSSR count). The van der Waals surface area contributed by atoms with Crippen LogP contribution in [-0.4, -0.2) is 24.8 Å². The SMILES string of the molecule is CC1(C)COCC(Cc2ccc(F)c(F)c2)N1. The van der Waals surface area contributed by atoms with Gasteiger partial charge < -0.3 is 10.1 Å². The molecule has 0 aliphatic carbocycles. The van der Waals surface area contributed by atoms with Crippen LogP contribution in [0.1, 0.15) is 19.4 Å². The number of rotatable bonds is 2. The Bertz CT molecular complexity index is 406. The fourth-order valence-corrected chi connectivity index (χ4v) is 2.15. The summed E-state index contributed by atoms with van der Waals surface area (Å²) in [5.74, 6) is -1.60. The van der Waals surface area contributed by atoms with Crippen LogP contribution in [0.2, 0.25) is 0 Å². The van der Waals surface area contributed by atoms with Gasteiger partial charge >= 0.3 is 0 Å². The molecule has 1 fully saturated rings. The Morgan fingerprint density at radius 3 is 2.76 bits per heavy atom. The molecule has 17 heavy (non-hydrogen) atoms. The molecular formula is C13H17F2NO. The molecule has 1 aromatic rings. The van der Waals surface area contributed by atoms with E-state index in [1.165, 1.54) is 12.1 Å². The maximum atomic E-state index is 13.1. The number of halogens is 2. The lowest BCUT2D eigenvalue weighted by Gasteiger charge is -2.37. The van der Waals surface area contributed by atoms with Crippen molar-refractivity contribution < 1.29 is 13.5 Å². The van der Waals surface area contributed by atoms with Gasteiger partial charge in [0.1, 0.15) is 0 Å². The first-order valence-electron chi connectivity index (χ1n) is 5.76. The van der Waals surface area contributed by atoms with Crippen molar-refractivity contribution >= 4 is 0 Å². The topological polar surface area (TPSA) is 21.3 Å². The van der Waals surface area contributed by atoms with Crippen LogP contribution in [-0.2, 0) is 11.2 Å². The van der Waals surface area contributed by atoms with Crippen molar-refractivity contribution in [3.05, 3.63) is 35.4 Å². The quantitative estimate of drug-likeness (QED) is 0.857. The zero-order valence-electron chi connectivity index (χ0n) is 10.1. The summed E-state index contributed by atoms with van der Waals surface area (Å²) in [5.41, 5.74) is 0.712. The van der Waals surface area contributed by atoms with E-state index in [-0.39, 0.29) is 11.6 Å². The Morgan fingerprint density at radius 1 is 1.35 bits per heavy atom. The van der Waals surface area contributed by atoms with Crippen molar-refractivity contribution in [2.75, 3.05) is 13.2 Å². The van der Waals surface area contributed by atoms with Crippen LogP contribution >= 0.6 is 0 Å². The van der Waals surface area contributed by atoms with Gasteiger partial charge in [0.05, 0.1) is 13.2 Å². The Morgan fingerprint density at radius 2 is 2.12 bits per heavy atom. The van der Waals surface area contributed by atoms with Gasteiger partial charge in [0.2, 0.25) is 0 Å². The van der Waals surface area contributed by atoms with E-state index in [9.17, 15) is 8.78 Å². The summed E-state index contributed by atoms with van der Waals surface area (Å²) in [4.78, 5) is 0. The van der Waals surface area contributed by atoms with Gasteiger partial charge in [-0.15, -0.1) is 0 Å². The maximum Gasteiger partial charge on any atom is 0.159 e. The second kappa shape index (κ2) is 4.70. The highest BCUT2D eigenvalue weighted by Gasteiger charge is 2.27. The molecule has 1 N–H and O–H groups in total. The monoisotopic (exact) mass is 241 g/mol. The third-order valence-electron chi connectivity index (χ3n) is 2.84. The van der Waals surface area contributed by atoms with E-state index in [1.807, 2.05) is 0 Å². The predicted molar refractivity (Wildman–Crippen MR) is 61.9 cm³/mol. The average Bonchev–Trinajstić information content (AvgIpc) is 2.22. The number of benzene rings is 1. The van der Waals surface area contributed by atoms with Crippen molar-refractivity contribution in [3.63, 3.8) is 0 Å². The van der Waals surface area contributed by atoms with Crippen molar-refractivity contribution in [1.82, 2.24) is 5.32 Å². The molecule has 1 unspecified atom stereocenters. The van der Waals surface area contributed by atoms with E-state index in [0.717, 1.165) is 5.56 Å². The molecule has 1 aliphatic rings. The van der Waals surface area contributed by atoms with Gasteiger partial charge in [-0.3, -0.25) is 0 Å². The standard InChI is InChI=1S/C13H17F2NO/c1-13(2)8-17-7-10(16-13)5-9-3-4-11(14)12(15)6-9/h3-4,6,10,16H,5,7-8H2,1-2H3. The van der Waals surface area contributed by atoms with Crippen LogP contribution < -0.4 is 5.32 Å². The zero-order chi connectivity index (χ0) is 12.5. The highest BCUT2D eigenvalue weighted by Crippen LogP contribution is 2.15. The molecule has 0 saturated carbocycles. The lowest BCUT2D eigenvalue weighted by atomic mass is 9.99. The highest BCUT2D eigenvalue weighted by molar-refractivity contribution is 5.19. The van der Waals surface area contributed by atoms with Gasteiger partial charge in [0, 0.05) is 11.6 Å². The first kappa shape index (κ1) is 12.5. The number of hydrogen-bond donors (Lipinski definition) is 1. The van der Waals surface area contributed by atoms with Crippen LogP contribution in [0.25, 0.3) is 0 Å². The number of nitrogens with one attached hydrogen (secondary N) is 1. The molecule has 4 heteroatoms. The molecule has 0 aromatic heterocycles. The third kappa shape index (κ3) is 3.23. The summed E-state index contributed by atoms with van der Waals surface area (Å²) < 4.78 is 31.3. The Labute approximate surface area is 100.0 Å². The normalized spacial score (nSPS) is 23.6. The lowest BCUT2D eigenvalue weighted by Crippen LogP contribution is -2.56. The number of morpholine rings is 1. The minimum atomic E-state index is -0.804. The second-order valence-electron chi connectivity index (χ2n) is 5.19. The van der Waals surface area contributed by atoms with Crippen LogP contribution in [0.5, 0.6) is 0 Å². The minimum absolute atomic E-state index is 0.0680. The molecule has 0 bridgehead atoms. The Hall–Kier alpha value is -1.00. The van der Waals surface area contributed by atoms with Crippen molar-refractivity contribution in [2.45, 2.75) is 31.8 Å². The van der Waals surface area contributed by atoms with Gasteiger partial charge in [0.25, 0.3) is 0 Å². The van der Waals surface area contributed by atoms with E-state index in [2.05, 4.69) is 19.2 Å². The molecule has 1 aromatic carbocycles. The Balaban J connectivity index is 2.03. The summed E-state index contributed by atoms with van der Waals surface area (Å²) >= 11 is 0. The molecule has 0 radical (unpaired) electrons. The molecule has 1 heterocycles. The summed E-state index contributed by atoms with van der Waals surface area (Å²) in [6.45, 7) is 5.39. The molecule has 0 amide bonds. The lowest BCUT2D eigenvalue weighted by molar-refractivity contribution is 0.0135. The van der Waals surface area contributed by atoms with Crippen LogP contribution in [0.4, 0.5) is 8.78 Å². The van der Waals surface area contributed by atoms with Crippen LogP contribution in [0, 0.1) is 11.6 Å².